The zero-order chi connectivity index (χ0) is 23.2. The van der Waals surface area contributed by atoms with Crippen LogP contribution in [0.1, 0.15) is 29.8 Å². The van der Waals surface area contributed by atoms with Gasteiger partial charge in [0.05, 0.1) is 24.5 Å². The molecule has 0 bridgehead atoms. The quantitative estimate of drug-likeness (QED) is 0.402. The van der Waals surface area contributed by atoms with Crippen molar-refractivity contribution in [2.45, 2.75) is 25.4 Å². The van der Waals surface area contributed by atoms with E-state index in [2.05, 4.69) is 34.2 Å². The summed E-state index contributed by atoms with van der Waals surface area (Å²) in [5.74, 6) is 1.33. The maximum absolute atomic E-state index is 9.70. The Bertz CT molecular complexity index is 1310. The first-order chi connectivity index (χ1) is 16.8. The maximum atomic E-state index is 9.70. The summed E-state index contributed by atoms with van der Waals surface area (Å²) in [5, 5.41) is 9.70. The fraction of sp³-hybridized carbons (Fsp3) is 0.214. The molecule has 0 aliphatic carbocycles. The highest BCUT2D eigenvalue weighted by atomic mass is 16.5. The molecule has 34 heavy (non-hydrogen) atoms. The standard InChI is InChI=1S/C28H24N4O2/c29-18-24-17-22(6-7-27(24)34-25-9-13-33-14-10-25)26-8-12-31-28(32-26)16-20-3-1-4-21(15-20)23-5-2-11-30-19-23/h1-8,11-12,15,17,19,25H,9-10,13-14,16H2. The van der Waals surface area contributed by atoms with Crippen LogP contribution in [0.4, 0.5) is 0 Å². The van der Waals surface area contributed by atoms with Gasteiger partial charge in [-0.1, -0.05) is 30.3 Å². The van der Waals surface area contributed by atoms with E-state index in [0.29, 0.717) is 30.9 Å². The van der Waals surface area contributed by atoms with E-state index in [9.17, 15) is 5.26 Å². The number of pyridine rings is 1. The minimum Gasteiger partial charge on any atom is -0.489 e. The summed E-state index contributed by atoms with van der Waals surface area (Å²) in [5.41, 5.74) is 5.46. The highest BCUT2D eigenvalue weighted by Gasteiger charge is 2.17. The van der Waals surface area contributed by atoms with Crippen molar-refractivity contribution in [3.8, 4) is 34.2 Å². The van der Waals surface area contributed by atoms with Crippen LogP contribution in [0, 0.1) is 11.3 Å². The molecular formula is C28H24N4O2. The van der Waals surface area contributed by atoms with E-state index < -0.39 is 0 Å². The van der Waals surface area contributed by atoms with E-state index in [-0.39, 0.29) is 6.10 Å². The number of nitriles is 1. The van der Waals surface area contributed by atoms with Crippen LogP contribution >= 0.6 is 0 Å². The molecular weight excluding hydrogens is 424 g/mol. The van der Waals surface area contributed by atoms with E-state index in [1.54, 1.807) is 12.4 Å². The number of nitrogens with zero attached hydrogens (tertiary/aromatic N) is 4. The molecule has 0 atom stereocenters. The van der Waals surface area contributed by atoms with Gasteiger partial charge in [0.15, 0.2) is 0 Å². The van der Waals surface area contributed by atoms with Gasteiger partial charge in [0, 0.05) is 43.4 Å². The molecule has 5 rings (SSSR count). The lowest BCUT2D eigenvalue weighted by atomic mass is 10.0. The Balaban J connectivity index is 1.35. The molecule has 1 aliphatic rings. The van der Waals surface area contributed by atoms with E-state index in [1.807, 2.05) is 48.7 Å². The summed E-state index contributed by atoms with van der Waals surface area (Å²) in [6.07, 6.45) is 7.76. The Morgan fingerprint density at radius 1 is 0.941 bits per heavy atom. The molecule has 1 aliphatic heterocycles. The predicted octanol–water partition coefficient (Wildman–Crippen LogP) is 5.23. The molecule has 0 N–H and O–H groups in total. The van der Waals surface area contributed by atoms with Crippen molar-refractivity contribution in [2.75, 3.05) is 13.2 Å². The summed E-state index contributed by atoms with van der Waals surface area (Å²) < 4.78 is 11.5. The van der Waals surface area contributed by atoms with Crippen LogP contribution in [0.15, 0.2) is 79.3 Å². The van der Waals surface area contributed by atoms with Crippen LogP contribution in [0.3, 0.4) is 0 Å². The number of aromatic nitrogens is 3. The topological polar surface area (TPSA) is 80.9 Å². The fourth-order valence-electron chi connectivity index (χ4n) is 4.07. The Kier molecular flexibility index (Phi) is 6.55. The first-order valence-electron chi connectivity index (χ1n) is 11.4. The normalized spacial score (nSPS) is 13.9. The van der Waals surface area contributed by atoms with Crippen molar-refractivity contribution >= 4 is 0 Å². The van der Waals surface area contributed by atoms with Crippen LogP contribution in [0.2, 0.25) is 0 Å². The summed E-state index contributed by atoms with van der Waals surface area (Å²) in [6, 6.07) is 22.1. The average molecular weight is 449 g/mol. The number of benzene rings is 2. The maximum Gasteiger partial charge on any atom is 0.137 e. The number of hydrogen-bond acceptors (Lipinski definition) is 6. The van der Waals surface area contributed by atoms with Gasteiger partial charge < -0.3 is 9.47 Å². The average Bonchev–Trinajstić information content (AvgIpc) is 2.90. The predicted molar refractivity (Wildman–Crippen MR) is 129 cm³/mol. The lowest BCUT2D eigenvalue weighted by Crippen LogP contribution is -2.26. The van der Waals surface area contributed by atoms with Crippen molar-refractivity contribution in [1.82, 2.24) is 15.0 Å². The number of hydrogen-bond donors (Lipinski definition) is 0. The summed E-state index contributed by atoms with van der Waals surface area (Å²) in [7, 11) is 0. The van der Waals surface area contributed by atoms with E-state index in [4.69, 9.17) is 14.5 Å². The molecule has 4 aromatic rings. The van der Waals surface area contributed by atoms with E-state index in [1.165, 1.54) is 0 Å². The highest BCUT2D eigenvalue weighted by molar-refractivity contribution is 5.65. The number of ether oxygens (including phenoxy) is 2. The molecule has 0 unspecified atom stereocenters. The number of rotatable bonds is 6. The van der Waals surface area contributed by atoms with Crippen LogP contribution in [0.5, 0.6) is 5.75 Å². The van der Waals surface area contributed by atoms with E-state index >= 15 is 0 Å². The molecule has 6 heteroatoms. The minimum atomic E-state index is 0.0831. The Labute approximate surface area is 198 Å². The van der Waals surface area contributed by atoms with Crippen molar-refractivity contribution < 1.29 is 9.47 Å². The van der Waals surface area contributed by atoms with Gasteiger partial charge in [-0.3, -0.25) is 4.98 Å². The third-order valence-corrected chi connectivity index (χ3v) is 5.85. The second kappa shape index (κ2) is 10.2. The van der Waals surface area contributed by atoms with Crippen LogP contribution in [-0.4, -0.2) is 34.3 Å². The fourth-order valence-corrected chi connectivity index (χ4v) is 4.07. The molecule has 3 heterocycles. The molecule has 0 radical (unpaired) electrons. The SMILES string of the molecule is N#Cc1cc(-c2ccnc(Cc3cccc(-c4cccnc4)c3)n2)ccc1OC1CCOCC1. The zero-order valence-electron chi connectivity index (χ0n) is 18.7. The molecule has 0 amide bonds. The van der Waals surface area contributed by atoms with Gasteiger partial charge in [0.1, 0.15) is 23.7 Å². The molecule has 6 nitrogen and oxygen atoms in total. The Hall–Kier alpha value is -4.08. The third-order valence-electron chi connectivity index (χ3n) is 5.85. The first-order valence-corrected chi connectivity index (χ1v) is 11.4. The smallest absolute Gasteiger partial charge is 0.137 e. The van der Waals surface area contributed by atoms with Crippen molar-refractivity contribution in [3.05, 3.63) is 96.2 Å². The summed E-state index contributed by atoms with van der Waals surface area (Å²) in [4.78, 5) is 13.5. The molecule has 1 fully saturated rings. The molecule has 2 aromatic heterocycles. The monoisotopic (exact) mass is 448 g/mol. The van der Waals surface area contributed by atoms with Crippen LogP contribution in [0.25, 0.3) is 22.4 Å². The Morgan fingerprint density at radius 3 is 2.65 bits per heavy atom. The molecule has 0 spiro atoms. The van der Waals surface area contributed by atoms with Crippen molar-refractivity contribution in [2.24, 2.45) is 0 Å². The van der Waals surface area contributed by atoms with Gasteiger partial charge in [-0.2, -0.15) is 5.26 Å². The van der Waals surface area contributed by atoms with Gasteiger partial charge in [0.2, 0.25) is 0 Å². The van der Waals surface area contributed by atoms with Crippen LogP contribution < -0.4 is 4.74 Å². The lowest BCUT2D eigenvalue weighted by molar-refractivity contribution is 0.0254. The minimum absolute atomic E-state index is 0.0831. The summed E-state index contributed by atoms with van der Waals surface area (Å²) in [6.45, 7) is 1.39. The molecule has 2 aromatic carbocycles. The highest BCUT2D eigenvalue weighted by Crippen LogP contribution is 2.28. The first kappa shape index (κ1) is 21.7. The zero-order valence-corrected chi connectivity index (χ0v) is 18.7. The molecule has 168 valence electrons. The second-order valence-corrected chi connectivity index (χ2v) is 8.23. The molecule has 1 saturated heterocycles. The van der Waals surface area contributed by atoms with Gasteiger partial charge in [-0.15, -0.1) is 0 Å². The van der Waals surface area contributed by atoms with Crippen molar-refractivity contribution in [3.63, 3.8) is 0 Å². The Morgan fingerprint density at radius 2 is 1.82 bits per heavy atom. The largest absolute Gasteiger partial charge is 0.489 e. The van der Waals surface area contributed by atoms with Gasteiger partial charge in [-0.05, 0) is 47.0 Å². The van der Waals surface area contributed by atoms with E-state index in [0.717, 1.165) is 46.6 Å². The van der Waals surface area contributed by atoms with Gasteiger partial charge in [0.25, 0.3) is 0 Å². The molecule has 0 saturated carbocycles. The van der Waals surface area contributed by atoms with Gasteiger partial charge >= 0.3 is 0 Å². The second-order valence-electron chi connectivity index (χ2n) is 8.23. The van der Waals surface area contributed by atoms with Gasteiger partial charge in [-0.25, -0.2) is 9.97 Å². The summed E-state index contributed by atoms with van der Waals surface area (Å²) >= 11 is 0. The van der Waals surface area contributed by atoms with Crippen LogP contribution in [-0.2, 0) is 11.2 Å². The van der Waals surface area contributed by atoms with Crippen molar-refractivity contribution in [1.29, 1.82) is 5.26 Å². The lowest BCUT2D eigenvalue weighted by Gasteiger charge is -2.23. The third kappa shape index (κ3) is 5.11.